The minimum Gasteiger partial charge on any atom is -0.303 e. The molecule has 1 saturated carbocycles. The number of rotatable bonds is 3. The van der Waals surface area contributed by atoms with Crippen LogP contribution >= 0.6 is 0 Å². The summed E-state index contributed by atoms with van der Waals surface area (Å²) in [7, 11) is 0. The molecule has 0 radical (unpaired) electrons. The fourth-order valence-corrected chi connectivity index (χ4v) is 2.12. The zero-order valence-electron chi connectivity index (χ0n) is 8.33. The van der Waals surface area contributed by atoms with E-state index >= 15 is 0 Å². The molecule has 0 N–H and O–H groups in total. The Kier molecular flexibility index (Phi) is 3.94. The van der Waals surface area contributed by atoms with Crippen LogP contribution in [0.3, 0.4) is 0 Å². The van der Waals surface area contributed by atoms with E-state index in [1.165, 1.54) is 5.57 Å². The number of hydrogen-bond donors (Lipinski definition) is 0. The highest BCUT2D eigenvalue weighted by Gasteiger charge is 2.22. The zero-order chi connectivity index (χ0) is 9.68. The molecule has 13 heavy (non-hydrogen) atoms. The van der Waals surface area contributed by atoms with Crippen LogP contribution in [-0.4, -0.2) is 6.29 Å². The number of allylic oxidation sites excluding steroid dienone is 3. The third-order valence-corrected chi connectivity index (χ3v) is 2.88. The fraction of sp³-hybridized carbons (Fsp3) is 0.583. The van der Waals surface area contributed by atoms with Crippen molar-refractivity contribution in [1.29, 1.82) is 0 Å². The third-order valence-electron chi connectivity index (χ3n) is 2.88. The van der Waals surface area contributed by atoms with Gasteiger partial charge in [-0.15, -0.1) is 6.58 Å². The molecule has 1 aliphatic carbocycles. The van der Waals surface area contributed by atoms with Gasteiger partial charge in [-0.25, -0.2) is 0 Å². The van der Waals surface area contributed by atoms with Crippen LogP contribution in [0.25, 0.3) is 0 Å². The van der Waals surface area contributed by atoms with Crippen molar-refractivity contribution >= 4 is 6.29 Å². The van der Waals surface area contributed by atoms with Gasteiger partial charge in [0.05, 0.1) is 0 Å². The van der Waals surface area contributed by atoms with Gasteiger partial charge in [0.1, 0.15) is 6.29 Å². The lowest BCUT2D eigenvalue weighted by Gasteiger charge is -2.28. The van der Waals surface area contributed by atoms with E-state index in [1.807, 2.05) is 6.08 Å². The molecule has 0 saturated heterocycles. The highest BCUT2D eigenvalue weighted by atomic mass is 16.1. The first-order chi connectivity index (χ1) is 6.30. The molecule has 1 nitrogen and oxygen atoms in total. The van der Waals surface area contributed by atoms with Gasteiger partial charge in [0, 0.05) is 6.42 Å². The lowest BCUT2D eigenvalue weighted by atomic mass is 9.77. The summed E-state index contributed by atoms with van der Waals surface area (Å²) in [5, 5.41) is 0. The van der Waals surface area contributed by atoms with Crippen LogP contribution < -0.4 is 0 Å². The van der Waals surface area contributed by atoms with Crippen LogP contribution in [-0.2, 0) is 4.79 Å². The Morgan fingerprint density at radius 2 is 2.31 bits per heavy atom. The molecule has 1 fully saturated rings. The van der Waals surface area contributed by atoms with Crippen LogP contribution in [0.2, 0.25) is 0 Å². The smallest absolute Gasteiger partial charge is 0.120 e. The first-order valence-corrected chi connectivity index (χ1v) is 5.00. The van der Waals surface area contributed by atoms with Gasteiger partial charge in [0.15, 0.2) is 0 Å². The van der Waals surface area contributed by atoms with Crippen molar-refractivity contribution < 1.29 is 4.79 Å². The average Bonchev–Trinajstić information content (AvgIpc) is 2.17. The first-order valence-electron chi connectivity index (χ1n) is 5.00. The lowest BCUT2D eigenvalue weighted by molar-refractivity contribution is -0.108. The summed E-state index contributed by atoms with van der Waals surface area (Å²) >= 11 is 0. The molecule has 1 aliphatic rings. The monoisotopic (exact) mass is 178 g/mol. The summed E-state index contributed by atoms with van der Waals surface area (Å²) in [6, 6.07) is 0. The van der Waals surface area contributed by atoms with Crippen LogP contribution in [0.4, 0.5) is 0 Å². The van der Waals surface area contributed by atoms with E-state index in [-0.39, 0.29) is 0 Å². The van der Waals surface area contributed by atoms with E-state index in [1.54, 1.807) is 0 Å². The predicted molar refractivity (Wildman–Crippen MR) is 55.5 cm³/mol. The molecule has 72 valence electrons. The van der Waals surface area contributed by atoms with Crippen molar-refractivity contribution in [2.45, 2.75) is 32.6 Å². The quantitative estimate of drug-likeness (QED) is 0.479. The van der Waals surface area contributed by atoms with E-state index < -0.39 is 0 Å². The van der Waals surface area contributed by atoms with Gasteiger partial charge >= 0.3 is 0 Å². The maximum absolute atomic E-state index is 10.4. The van der Waals surface area contributed by atoms with E-state index in [0.29, 0.717) is 18.3 Å². The standard InChI is InChI=1S/C12H18O/c1-3-10-7-11(4-2)9-12(8-10)5-6-13/h3-4,6,10,12H,1,5,7-9H2,2H3/b11-4-/t10-,12+/m1/s1. The summed E-state index contributed by atoms with van der Waals surface area (Å²) in [5.41, 5.74) is 1.49. The van der Waals surface area contributed by atoms with Crippen molar-refractivity contribution in [3.05, 3.63) is 24.3 Å². The molecule has 0 aromatic heterocycles. The fourth-order valence-electron chi connectivity index (χ4n) is 2.12. The molecule has 0 aromatic rings. The Bertz CT molecular complexity index is 215. The zero-order valence-corrected chi connectivity index (χ0v) is 8.33. The number of aldehydes is 1. The van der Waals surface area contributed by atoms with Crippen LogP contribution in [0.5, 0.6) is 0 Å². The van der Waals surface area contributed by atoms with Crippen LogP contribution in [0.1, 0.15) is 32.6 Å². The molecule has 1 rings (SSSR count). The molecule has 0 spiro atoms. The summed E-state index contributed by atoms with van der Waals surface area (Å²) in [6.07, 6.45) is 9.37. The van der Waals surface area contributed by atoms with Crippen LogP contribution in [0, 0.1) is 11.8 Å². The summed E-state index contributed by atoms with van der Waals surface area (Å²) in [5.74, 6) is 1.14. The second-order valence-electron chi connectivity index (χ2n) is 3.86. The third kappa shape index (κ3) is 2.83. The average molecular weight is 178 g/mol. The highest BCUT2D eigenvalue weighted by Crippen LogP contribution is 2.34. The molecule has 0 unspecified atom stereocenters. The van der Waals surface area contributed by atoms with Crippen molar-refractivity contribution in [1.82, 2.24) is 0 Å². The van der Waals surface area contributed by atoms with Crippen LogP contribution in [0.15, 0.2) is 24.3 Å². The maximum atomic E-state index is 10.4. The van der Waals surface area contributed by atoms with Gasteiger partial charge in [0.2, 0.25) is 0 Å². The highest BCUT2D eigenvalue weighted by molar-refractivity contribution is 5.50. The van der Waals surface area contributed by atoms with Crippen molar-refractivity contribution in [2.75, 3.05) is 0 Å². The van der Waals surface area contributed by atoms with Gasteiger partial charge in [-0.1, -0.05) is 17.7 Å². The largest absolute Gasteiger partial charge is 0.303 e. The Hall–Kier alpha value is -0.850. The van der Waals surface area contributed by atoms with Gasteiger partial charge < -0.3 is 4.79 Å². The Morgan fingerprint density at radius 3 is 2.85 bits per heavy atom. The van der Waals surface area contributed by atoms with Crippen molar-refractivity contribution in [2.24, 2.45) is 11.8 Å². The van der Waals surface area contributed by atoms with E-state index in [4.69, 9.17) is 0 Å². The topological polar surface area (TPSA) is 17.1 Å². The molecule has 0 bridgehead atoms. The molecule has 0 aliphatic heterocycles. The summed E-state index contributed by atoms with van der Waals surface area (Å²) < 4.78 is 0. The molecule has 2 atom stereocenters. The molecule has 0 heterocycles. The minimum atomic E-state index is 0.556. The lowest BCUT2D eigenvalue weighted by Crippen LogP contribution is -2.16. The van der Waals surface area contributed by atoms with Gasteiger partial charge in [-0.3, -0.25) is 0 Å². The molecule has 1 heteroatoms. The Balaban J connectivity index is 2.58. The second kappa shape index (κ2) is 5.00. The Morgan fingerprint density at radius 1 is 1.54 bits per heavy atom. The summed E-state index contributed by atoms with van der Waals surface area (Å²) in [4.78, 5) is 10.4. The second-order valence-corrected chi connectivity index (χ2v) is 3.86. The molecular weight excluding hydrogens is 160 g/mol. The number of hydrogen-bond acceptors (Lipinski definition) is 1. The van der Waals surface area contributed by atoms with E-state index in [2.05, 4.69) is 19.6 Å². The van der Waals surface area contributed by atoms with Gasteiger partial charge in [0.25, 0.3) is 0 Å². The van der Waals surface area contributed by atoms with Crippen molar-refractivity contribution in [3.63, 3.8) is 0 Å². The molecule has 0 aromatic carbocycles. The molecule has 0 amide bonds. The predicted octanol–water partition coefficient (Wildman–Crippen LogP) is 3.12. The Labute approximate surface area is 80.5 Å². The first kappa shape index (κ1) is 10.2. The minimum absolute atomic E-state index is 0.556. The summed E-state index contributed by atoms with van der Waals surface area (Å²) in [6.45, 7) is 5.91. The number of carbonyl (C=O) groups excluding carboxylic acids is 1. The van der Waals surface area contributed by atoms with Crippen molar-refractivity contribution in [3.8, 4) is 0 Å². The van der Waals surface area contributed by atoms with Gasteiger partial charge in [-0.05, 0) is 38.0 Å². The van der Waals surface area contributed by atoms with Gasteiger partial charge in [-0.2, -0.15) is 0 Å². The molecular formula is C12H18O. The van der Waals surface area contributed by atoms with E-state index in [9.17, 15) is 4.79 Å². The number of carbonyl (C=O) groups is 1. The SMILES string of the molecule is C=C[C@@H]1C/C(=C/C)C[C@@H](CC=O)C1. The van der Waals surface area contributed by atoms with E-state index in [0.717, 1.165) is 25.5 Å². The normalized spacial score (nSPS) is 31.6. The maximum Gasteiger partial charge on any atom is 0.120 e.